The Kier molecular flexibility index (Phi) is 4.93. The van der Waals surface area contributed by atoms with E-state index >= 15 is 0 Å². The third-order valence-electron chi connectivity index (χ3n) is 1.94. The van der Waals surface area contributed by atoms with Gasteiger partial charge in [0, 0.05) is 10.1 Å². The van der Waals surface area contributed by atoms with Gasteiger partial charge in [-0.2, -0.15) is 0 Å². The number of aliphatic hydroxyl groups is 1. The molecule has 0 aliphatic carbocycles. The minimum atomic E-state index is -0.347. The lowest BCUT2D eigenvalue weighted by molar-refractivity contribution is 0.268. The van der Waals surface area contributed by atoms with Crippen molar-refractivity contribution in [1.29, 1.82) is 0 Å². The summed E-state index contributed by atoms with van der Waals surface area (Å²) in [6.45, 7) is 4.18. The van der Waals surface area contributed by atoms with E-state index in [0.29, 0.717) is 10.3 Å². The Morgan fingerprint density at radius 2 is 2.13 bits per heavy atom. The van der Waals surface area contributed by atoms with E-state index in [1.54, 1.807) is 11.8 Å². The fraction of sp³-hybridized carbons (Fsp3) is 0.455. The molecule has 4 heteroatoms. The van der Waals surface area contributed by atoms with Crippen LogP contribution in [0.25, 0.3) is 0 Å². The van der Waals surface area contributed by atoms with E-state index in [9.17, 15) is 0 Å². The number of hydrogen-bond acceptors (Lipinski definition) is 3. The zero-order valence-electron chi connectivity index (χ0n) is 8.90. The third-order valence-corrected chi connectivity index (χ3v) is 3.45. The van der Waals surface area contributed by atoms with Crippen LogP contribution in [-0.2, 0) is 0 Å². The zero-order chi connectivity index (χ0) is 11.4. The van der Waals surface area contributed by atoms with Crippen LogP contribution in [0.5, 0.6) is 0 Å². The second-order valence-electron chi connectivity index (χ2n) is 3.65. The molecule has 15 heavy (non-hydrogen) atoms. The van der Waals surface area contributed by atoms with E-state index < -0.39 is 0 Å². The molecule has 0 spiro atoms. The molecule has 2 nitrogen and oxygen atoms in total. The standard InChI is InChI=1S/C11H16ClNOS/c1-7(2)15-11-4-3-8(5-9(11)12)10(13)6-14/h3-5,7,10,14H,6,13H2,1-2H3. The van der Waals surface area contributed by atoms with Gasteiger partial charge in [-0.3, -0.25) is 0 Å². The summed E-state index contributed by atoms with van der Waals surface area (Å²) >= 11 is 7.83. The van der Waals surface area contributed by atoms with Crippen molar-refractivity contribution in [3.8, 4) is 0 Å². The third kappa shape index (κ3) is 3.68. The van der Waals surface area contributed by atoms with Crippen LogP contribution in [0, 0.1) is 0 Å². The maximum atomic E-state index is 8.92. The van der Waals surface area contributed by atoms with Crippen LogP contribution < -0.4 is 5.73 Å². The molecule has 0 saturated heterocycles. The average Bonchev–Trinajstić information content (AvgIpc) is 2.19. The highest BCUT2D eigenvalue weighted by Crippen LogP contribution is 2.31. The van der Waals surface area contributed by atoms with Gasteiger partial charge in [-0.05, 0) is 17.7 Å². The summed E-state index contributed by atoms with van der Waals surface area (Å²) in [5.74, 6) is 0. The number of rotatable bonds is 4. The molecule has 1 atom stereocenters. The lowest BCUT2D eigenvalue weighted by Crippen LogP contribution is -2.14. The smallest absolute Gasteiger partial charge is 0.0624 e. The van der Waals surface area contributed by atoms with E-state index in [1.807, 2.05) is 18.2 Å². The average molecular weight is 246 g/mol. The molecule has 0 aromatic heterocycles. The molecule has 0 fully saturated rings. The number of halogens is 1. The predicted octanol–water partition coefficient (Wildman–Crippen LogP) is 2.83. The molecule has 0 amide bonds. The number of nitrogens with two attached hydrogens (primary N) is 1. The Bertz CT molecular complexity index is 330. The molecule has 0 aliphatic heterocycles. The van der Waals surface area contributed by atoms with Crippen LogP contribution >= 0.6 is 23.4 Å². The summed E-state index contributed by atoms with van der Waals surface area (Å²) in [5, 5.41) is 10.1. The van der Waals surface area contributed by atoms with Gasteiger partial charge in [0.05, 0.1) is 17.7 Å². The maximum absolute atomic E-state index is 8.92. The van der Waals surface area contributed by atoms with Gasteiger partial charge in [0.25, 0.3) is 0 Å². The molecule has 0 aliphatic rings. The molecule has 1 unspecified atom stereocenters. The first-order valence-corrected chi connectivity index (χ1v) is 6.13. The van der Waals surface area contributed by atoms with Crippen LogP contribution in [0.2, 0.25) is 5.02 Å². The molecular formula is C11H16ClNOS. The Morgan fingerprint density at radius 1 is 1.47 bits per heavy atom. The van der Waals surface area contributed by atoms with Crippen molar-refractivity contribution < 1.29 is 5.11 Å². The minimum Gasteiger partial charge on any atom is -0.394 e. The van der Waals surface area contributed by atoms with Crippen molar-refractivity contribution in [2.75, 3.05) is 6.61 Å². The van der Waals surface area contributed by atoms with Crippen molar-refractivity contribution >= 4 is 23.4 Å². The quantitative estimate of drug-likeness (QED) is 0.802. The van der Waals surface area contributed by atoms with Crippen LogP contribution in [-0.4, -0.2) is 17.0 Å². The molecule has 1 aromatic carbocycles. The number of thioether (sulfide) groups is 1. The molecule has 3 N–H and O–H groups in total. The zero-order valence-corrected chi connectivity index (χ0v) is 10.5. The minimum absolute atomic E-state index is 0.0625. The van der Waals surface area contributed by atoms with Gasteiger partial charge in [-0.25, -0.2) is 0 Å². The number of benzene rings is 1. The summed E-state index contributed by atoms with van der Waals surface area (Å²) in [5.41, 5.74) is 6.57. The first kappa shape index (κ1) is 12.8. The summed E-state index contributed by atoms with van der Waals surface area (Å²) in [6.07, 6.45) is 0. The normalized spacial score (nSPS) is 13.2. The molecule has 0 heterocycles. The second kappa shape index (κ2) is 5.75. The van der Waals surface area contributed by atoms with Gasteiger partial charge in [0.15, 0.2) is 0 Å². The van der Waals surface area contributed by atoms with E-state index in [4.69, 9.17) is 22.4 Å². The first-order chi connectivity index (χ1) is 7.04. The molecule has 1 rings (SSSR count). The highest BCUT2D eigenvalue weighted by molar-refractivity contribution is 8.00. The number of hydrogen-bond donors (Lipinski definition) is 2. The van der Waals surface area contributed by atoms with Gasteiger partial charge in [-0.15, -0.1) is 11.8 Å². The van der Waals surface area contributed by atoms with E-state index in [2.05, 4.69) is 13.8 Å². The van der Waals surface area contributed by atoms with Crippen LogP contribution in [0.15, 0.2) is 23.1 Å². The lowest BCUT2D eigenvalue weighted by Gasteiger charge is -2.12. The topological polar surface area (TPSA) is 46.2 Å². The van der Waals surface area contributed by atoms with Crippen molar-refractivity contribution in [1.82, 2.24) is 0 Å². The summed E-state index contributed by atoms with van der Waals surface area (Å²) in [4.78, 5) is 1.06. The van der Waals surface area contributed by atoms with Crippen molar-refractivity contribution in [3.63, 3.8) is 0 Å². The largest absolute Gasteiger partial charge is 0.394 e. The maximum Gasteiger partial charge on any atom is 0.0624 e. The molecule has 1 aromatic rings. The number of aliphatic hydroxyl groups excluding tert-OH is 1. The van der Waals surface area contributed by atoms with Gasteiger partial charge < -0.3 is 10.8 Å². The molecule has 84 valence electrons. The SMILES string of the molecule is CC(C)Sc1ccc(C(N)CO)cc1Cl. The fourth-order valence-electron chi connectivity index (χ4n) is 1.20. The van der Waals surface area contributed by atoms with Gasteiger partial charge in [0.1, 0.15) is 0 Å². The molecular weight excluding hydrogens is 230 g/mol. The van der Waals surface area contributed by atoms with Crippen molar-refractivity contribution in [2.45, 2.75) is 30.0 Å². The van der Waals surface area contributed by atoms with Gasteiger partial charge >= 0.3 is 0 Å². The summed E-state index contributed by atoms with van der Waals surface area (Å²) in [7, 11) is 0. The van der Waals surface area contributed by atoms with Gasteiger partial charge in [-0.1, -0.05) is 31.5 Å². The van der Waals surface area contributed by atoms with Crippen molar-refractivity contribution in [3.05, 3.63) is 28.8 Å². The summed E-state index contributed by atoms with van der Waals surface area (Å²) < 4.78 is 0. The first-order valence-electron chi connectivity index (χ1n) is 4.87. The van der Waals surface area contributed by atoms with Crippen LogP contribution in [0.3, 0.4) is 0 Å². The molecule has 0 saturated carbocycles. The van der Waals surface area contributed by atoms with Crippen molar-refractivity contribution in [2.24, 2.45) is 5.73 Å². The molecule has 0 bridgehead atoms. The Labute approximate surface area is 99.8 Å². The Morgan fingerprint density at radius 3 is 2.60 bits per heavy atom. The van der Waals surface area contributed by atoms with E-state index in [-0.39, 0.29) is 12.6 Å². The molecule has 0 radical (unpaired) electrons. The van der Waals surface area contributed by atoms with Gasteiger partial charge in [0.2, 0.25) is 0 Å². The highest BCUT2D eigenvalue weighted by Gasteiger charge is 2.08. The Hall–Kier alpha value is -0.220. The van der Waals surface area contributed by atoms with E-state index in [0.717, 1.165) is 10.5 Å². The highest BCUT2D eigenvalue weighted by atomic mass is 35.5. The lowest BCUT2D eigenvalue weighted by atomic mass is 10.1. The van der Waals surface area contributed by atoms with Crippen LogP contribution in [0.4, 0.5) is 0 Å². The summed E-state index contributed by atoms with van der Waals surface area (Å²) in [6, 6.07) is 5.35. The second-order valence-corrected chi connectivity index (χ2v) is 5.67. The predicted molar refractivity (Wildman–Crippen MR) is 66.5 cm³/mol. The monoisotopic (exact) mass is 245 g/mol. The van der Waals surface area contributed by atoms with Crippen LogP contribution in [0.1, 0.15) is 25.5 Å². The Balaban J connectivity index is 2.88. The fourth-order valence-corrected chi connectivity index (χ4v) is 2.35. The van der Waals surface area contributed by atoms with E-state index in [1.165, 1.54) is 0 Å².